The fourth-order valence-electron chi connectivity index (χ4n) is 2.46. The highest BCUT2D eigenvalue weighted by Crippen LogP contribution is 2.08. The van der Waals surface area contributed by atoms with Crippen LogP contribution in [0.2, 0.25) is 0 Å². The van der Waals surface area contributed by atoms with Gasteiger partial charge in [-0.05, 0) is 52.4 Å². The molecule has 1 saturated heterocycles. The van der Waals surface area contributed by atoms with Gasteiger partial charge in [-0.1, -0.05) is 13.8 Å². The maximum absolute atomic E-state index is 12.0. The molecule has 0 bridgehead atoms. The Kier molecular flexibility index (Phi) is 7.28. The van der Waals surface area contributed by atoms with Gasteiger partial charge in [-0.15, -0.1) is 0 Å². The Hall–Kier alpha value is -0.610. The molecule has 1 aliphatic heterocycles. The summed E-state index contributed by atoms with van der Waals surface area (Å²) in [4.78, 5) is 16.4. The highest BCUT2D eigenvalue weighted by molar-refractivity contribution is 5.81. The van der Waals surface area contributed by atoms with Crippen molar-refractivity contribution in [2.45, 2.75) is 46.1 Å². The molecule has 0 spiro atoms. The summed E-state index contributed by atoms with van der Waals surface area (Å²) in [6.45, 7) is 12.5. The molecule has 0 aromatic rings. The van der Waals surface area contributed by atoms with Crippen LogP contribution in [-0.4, -0.2) is 61.0 Å². The minimum atomic E-state index is -0.0280. The average molecular weight is 255 g/mol. The van der Waals surface area contributed by atoms with Crippen molar-refractivity contribution in [3.63, 3.8) is 0 Å². The summed E-state index contributed by atoms with van der Waals surface area (Å²) in [5.74, 6) is 0.273. The van der Waals surface area contributed by atoms with Crippen LogP contribution in [0.25, 0.3) is 0 Å². The Morgan fingerprint density at radius 3 is 2.44 bits per heavy atom. The number of likely N-dealkylation sites (tertiary alicyclic amines) is 1. The van der Waals surface area contributed by atoms with E-state index in [1.165, 1.54) is 12.8 Å². The van der Waals surface area contributed by atoms with Crippen molar-refractivity contribution < 1.29 is 4.79 Å². The first-order chi connectivity index (χ1) is 8.69. The SMILES string of the molecule is CCN(CC)CCCN[C@@H](C)C(=O)N1CCCC1. The molecule has 0 aromatic heterocycles. The van der Waals surface area contributed by atoms with Crippen molar-refractivity contribution in [1.82, 2.24) is 15.1 Å². The lowest BCUT2D eigenvalue weighted by atomic mass is 10.2. The third kappa shape index (κ3) is 4.94. The van der Waals surface area contributed by atoms with E-state index in [9.17, 15) is 4.79 Å². The highest BCUT2D eigenvalue weighted by Gasteiger charge is 2.22. The van der Waals surface area contributed by atoms with Crippen LogP contribution < -0.4 is 5.32 Å². The van der Waals surface area contributed by atoms with Crippen LogP contribution in [0.1, 0.15) is 40.0 Å². The van der Waals surface area contributed by atoms with Crippen LogP contribution >= 0.6 is 0 Å². The van der Waals surface area contributed by atoms with E-state index in [2.05, 4.69) is 24.1 Å². The number of carbonyl (C=O) groups is 1. The molecule has 1 amide bonds. The van der Waals surface area contributed by atoms with E-state index in [1.807, 2.05) is 11.8 Å². The van der Waals surface area contributed by atoms with Crippen molar-refractivity contribution in [3.05, 3.63) is 0 Å². The molecule has 106 valence electrons. The van der Waals surface area contributed by atoms with Gasteiger partial charge >= 0.3 is 0 Å². The number of carbonyl (C=O) groups excluding carboxylic acids is 1. The summed E-state index contributed by atoms with van der Waals surface area (Å²) in [5, 5.41) is 3.34. The average Bonchev–Trinajstić information content (AvgIpc) is 2.91. The van der Waals surface area contributed by atoms with Crippen LogP contribution in [0.15, 0.2) is 0 Å². The molecular weight excluding hydrogens is 226 g/mol. The molecule has 1 aliphatic rings. The number of hydrogen-bond acceptors (Lipinski definition) is 3. The second kappa shape index (κ2) is 8.48. The Morgan fingerprint density at radius 2 is 1.89 bits per heavy atom. The first-order valence-corrected chi connectivity index (χ1v) is 7.43. The first-order valence-electron chi connectivity index (χ1n) is 7.43. The van der Waals surface area contributed by atoms with Gasteiger partial charge in [0.25, 0.3) is 0 Å². The summed E-state index contributed by atoms with van der Waals surface area (Å²) in [5.41, 5.74) is 0. The molecule has 1 N–H and O–H groups in total. The zero-order valence-corrected chi connectivity index (χ0v) is 12.2. The van der Waals surface area contributed by atoms with Crippen molar-refractivity contribution >= 4 is 5.91 Å². The summed E-state index contributed by atoms with van der Waals surface area (Å²) in [6.07, 6.45) is 3.44. The monoisotopic (exact) mass is 255 g/mol. The quantitative estimate of drug-likeness (QED) is 0.665. The predicted octanol–water partition coefficient (Wildman–Crippen LogP) is 1.32. The molecule has 0 unspecified atom stereocenters. The van der Waals surface area contributed by atoms with Crippen LogP contribution in [0, 0.1) is 0 Å². The third-order valence-electron chi connectivity index (χ3n) is 3.78. The van der Waals surface area contributed by atoms with E-state index in [0.717, 1.165) is 45.7 Å². The largest absolute Gasteiger partial charge is 0.341 e. The lowest BCUT2D eigenvalue weighted by Crippen LogP contribution is -2.44. The van der Waals surface area contributed by atoms with E-state index >= 15 is 0 Å². The molecule has 4 nitrogen and oxygen atoms in total. The number of nitrogens with zero attached hydrogens (tertiary/aromatic N) is 2. The normalized spacial score (nSPS) is 17.4. The van der Waals surface area contributed by atoms with E-state index < -0.39 is 0 Å². The number of amides is 1. The lowest BCUT2D eigenvalue weighted by molar-refractivity contribution is -0.131. The van der Waals surface area contributed by atoms with Crippen LogP contribution in [-0.2, 0) is 4.79 Å². The second-order valence-corrected chi connectivity index (χ2v) is 5.09. The van der Waals surface area contributed by atoms with Crippen LogP contribution in [0.5, 0.6) is 0 Å². The maximum atomic E-state index is 12.0. The van der Waals surface area contributed by atoms with Crippen molar-refractivity contribution in [2.24, 2.45) is 0 Å². The van der Waals surface area contributed by atoms with E-state index in [0.29, 0.717) is 0 Å². The molecule has 0 radical (unpaired) electrons. The van der Waals surface area contributed by atoms with Crippen molar-refractivity contribution in [3.8, 4) is 0 Å². The Morgan fingerprint density at radius 1 is 1.28 bits per heavy atom. The molecule has 1 rings (SSSR count). The van der Waals surface area contributed by atoms with Gasteiger partial charge in [0.05, 0.1) is 6.04 Å². The Balaban J connectivity index is 2.12. The smallest absolute Gasteiger partial charge is 0.239 e. The molecule has 1 atom stereocenters. The number of nitrogens with one attached hydrogen (secondary N) is 1. The standard InChI is InChI=1S/C14H29N3O/c1-4-16(5-2)10-8-9-15-13(3)14(18)17-11-6-7-12-17/h13,15H,4-12H2,1-3H3/t13-/m0/s1. The van der Waals surface area contributed by atoms with Gasteiger partial charge < -0.3 is 15.1 Å². The summed E-state index contributed by atoms with van der Waals surface area (Å²) < 4.78 is 0. The van der Waals surface area contributed by atoms with Gasteiger partial charge in [-0.25, -0.2) is 0 Å². The minimum absolute atomic E-state index is 0.0280. The predicted molar refractivity (Wildman–Crippen MR) is 75.7 cm³/mol. The highest BCUT2D eigenvalue weighted by atomic mass is 16.2. The molecular formula is C14H29N3O. The minimum Gasteiger partial charge on any atom is -0.341 e. The van der Waals surface area contributed by atoms with Gasteiger partial charge in [0.2, 0.25) is 5.91 Å². The maximum Gasteiger partial charge on any atom is 0.239 e. The van der Waals surface area contributed by atoms with E-state index in [-0.39, 0.29) is 11.9 Å². The Labute approximate surface area is 112 Å². The fourth-order valence-corrected chi connectivity index (χ4v) is 2.46. The molecule has 0 aromatic carbocycles. The molecule has 4 heteroatoms. The zero-order chi connectivity index (χ0) is 13.4. The fraction of sp³-hybridized carbons (Fsp3) is 0.929. The summed E-state index contributed by atoms with van der Waals surface area (Å²) in [7, 11) is 0. The molecule has 0 saturated carbocycles. The summed E-state index contributed by atoms with van der Waals surface area (Å²) >= 11 is 0. The van der Waals surface area contributed by atoms with Crippen LogP contribution in [0.3, 0.4) is 0 Å². The topological polar surface area (TPSA) is 35.6 Å². The third-order valence-corrected chi connectivity index (χ3v) is 3.78. The van der Waals surface area contributed by atoms with Gasteiger partial charge in [0.1, 0.15) is 0 Å². The van der Waals surface area contributed by atoms with E-state index in [1.54, 1.807) is 0 Å². The lowest BCUT2D eigenvalue weighted by Gasteiger charge is -2.22. The van der Waals surface area contributed by atoms with Crippen molar-refractivity contribution in [2.75, 3.05) is 39.3 Å². The molecule has 18 heavy (non-hydrogen) atoms. The van der Waals surface area contributed by atoms with E-state index in [4.69, 9.17) is 0 Å². The zero-order valence-electron chi connectivity index (χ0n) is 12.2. The van der Waals surface area contributed by atoms with Gasteiger partial charge in [0, 0.05) is 13.1 Å². The Bertz CT molecular complexity index is 235. The first kappa shape index (κ1) is 15.4. The molecule has 1 heterocycles. The molecule has 1 fully saturated rings. The number of hydrogen-bond donors (Lipinski definition) is 1. The number of rotatable bonds is 8. The van der Waals surface area contributed by atoms with Crippen LogP contribution in [0.4, 0.5) is 0 Å². The summed E-state index contributed by atoms with van der Waals surface area (Å²) in [6, 6.07) is -0.0280. The second-order valence-electron chi connectivity index (χ2n) is 5.09. The van der Waals surface area contributed by atoms with Gasteiger partial charge in [-0.2, -0.15) is 0 Å². The van der Waals surface area contributed by atoms with Gasteiger partial charge in [-0.3, -0.25) is 4.79 Å². The van der Waals surface area contributed by atoms with Crippen molar-refractivity contribution in [1.29, 1.82) is 0 Å². The van der Waals surface area contributed by atoms with Gasteiger partial charge in [0.15, 0.2) is 0 Å². The molecule has 0 aliphatic carbocycles.